The van der Waals surface area contributed by atoms with Crippen LogP contribution >= 0.6 is 11.9 Å². The molecular formula is C24H36F2N4O3S. The van der Waals surface area contributed by atoms with E-state index in [1.807, 2.05) is 6.92 Å². The Kier molecular flexibility index (Phi) is 9.39. The van der Waals surface area contributed by atoms with Gasteiger partial charge < -0.3 is 19.8 Å². The number of allylic oxidation sites excluding steroid dienone is 1. The third kappa shape index (κ3) is 7.45. The maximum Gasteiger partial charge on any atom is 0.267 e. The molecule has 0 radical (unpaired) electrons. The quantitative estimate of drug-likeness (QED) is 0.319. The molecule has 0 aromatic carbocycles. The van der Waals surface area contributed by atoms with Gasteiger partial charge >= 0.3 is 0 Å². The third-order valence-corrected chi connectivity index (χ3v) is 7.50. The number of hydrogen-bond acceptors (Lipinski definition) is 5. The summed E-state index contributed by atoms with van der Waals surface area (Å²) in [5.41, 5.74) is 0.941. The van der Waals surface area contributed by atoms with Crippen LogP contribution in [0.15, 0.2) is 24.4 Å². The number of carbonyl (C=O) groups excluding carboxylic acids is 3. The molecule has 3 aliphatic rings. The minimum atomic E-state index is -2.85. The van der Waals surface area contributed by atoms with Crippen LogP contribution in [0.3, 0.4) is 0 Å². The molecule has 2 N–H and O–H groups in total. The van der Waals surface area contributed by atoms with Gasteiger partial charge in [-0.25, -0.2) is 8.78 Å². The maximum atomic E-state index is 13.4. The van der Waals surface area contributed by atoms with Crippen molar-refractivity contribution in [2.45, 2.75) is 88.0 Å². The lowest BCUT2D eigenvalue weighted by Crippen LogP contribution is -2.50. The molecule has 0 aromatic rings. The smallest absolute Gasteiger partial charge is 0.267 e. The second kappa shape index (κ2) is 12.0. The summed E-state index contributed by atoms with van der Waals surface area (Å²) in [5, 5.41) is 3.69. The van der Waals surface area contributed by atoms with Gasteiger partial charge in [-0.3, -0.25) is 14.4 Å². The molecule has 190 valence electrons. The summed E-state index contributed by atoms with van der Waals surface area (Å²) < 4.78 is 30.1. The summed E-state index contributed by atoms with van der Waals surface area (Å²) in [6, 6.07) is -0.850. The van der Waals surface area contributed by atoms with Gasteiger partial charge in [-0.1, -0.05) is 19.1 Å². The molecule has 3 rings (SSSR count). The summed E-state index contributed by atoms with van der Waals surface area (Å²) in [7, 11) is 0. The number of carbonyl (C=O) groups is 3. The fourth-order valence-electron chi connectivity index (χ4n) is 4.31. The Morgan fingerprint density at radius 3 is 2.53 bits per heavy atom. The minimum Gasteiger partial charge on any atom is -0.346 e. The molecule has 2 atom stereocenters. The lowest BCUT2D eigenvalue weighted by Gasteiger charge is -2.28. The van der Waals surface area contributed by atoms with E-state index >= 15 is 0 Å². The molecular weight excluding hydrogens is 462 g/mol. The zero-order valence-electron chi connectivity index (χ0n) is 19.9. The highest BCUT2D eigenvalue weighted by atomic mass is 32.2. The van der Waals surface area contributed by atoms with E-state index in [1.165, 1.54) is 17.7 Å². The van der Waals surface area contributed by atoms with Gasteiger partial charge in [-0.2, -0.15) is 0 Å². The first-order valence-electron chi connectivity index (χ1n) is 12.2. The first-order valence-corrected chi connectivity index (χ1v) is 13.1. The number of nitrogens with zero attached hydrogens (tertiary/aromatic N) is 2. The molecule has 1 unspecified atom stereocenters. The van der Waals surface area contributed by atoms with Crippen molar-refractivity contribution in [1.29, 1.82) is 0 Å². The first-order chi connectivity index (χ1) is 16.2. The average Bonchev–Trinajstić information content (AvgIpc) is 3.35. The van der Waals surface area contributed by atoms with Crippen LogP contribution in [-0.4, -0.2) is 70.4 Å². The molecule has 7 nitrogen and oxygen atoms in total. The molecule has 34 heavy (non-hydrogen) atoms. The van der Waals surface area contributed by atoms with Crippen molar-refractivity contribution >= 4 is 29.7 Å². The van der Waals surface area contributed by atoms with Crippen LogP contribution in [0.5, 0.6) is 0 Å². The lowest BCUT2D eigenvalue weighted by molar-refractivity contribution is -0.140. The average molecular weight is 499 g/mol. The van der Waals surface area contributed by atoms with Crippen LogP contribution in [0.2, 0.25) is 0 Å². The standard InChI is InChI=1S/C24H36F2N4O3S/c1-3-6-18(19(7-4-2)28-34-17-9-10-17)27-23(33)20-8-5-14-30(20)22(32)12-11-21(31)29-15-13-24(25,26)16-29/h3,7,17-18,20,28H,1,4-6,8-16H2,2H3,(H,27,33)/b19-7+/t18?,20-/m0/s1. The molecule has 10 heteroatoms. The van der Waals surface area contributed by atoms with Crippen LogP contribution in [0.25, 0.3) is 0 Å². The van der Waals surface area contributed by atoms with Crippen molar-refractivity contribution in [2.24, 2.45) is 0 Å². The van der Waals surface area contributed by atoms with Crippen LogP contribution < -0.4 is 10.0 Å². The predicted molar refractivity (Wildman–Crippen MR) is 129 cm³/mol. The number of halogens is 2. The van der Waals surface area contributed by atoms with E-state index in [1.54, 1.807) is 18.0 Å². The first kappa shape index (κ1) is 26.5. The summed E-state index contributed by atoms with van der Waals surface area (Å²) >= 11 is 1.68. The van der Waals surface area contributed by atoms with Crippen molar-refractivity contribution < 1.29 is 23.2 Å². The third-order valence-electron chi connectivity index (χ3n) is 6.34. The highest BCUT2D eigenvalue weighted by Crippen LogP contribution is 2.33. The fraction of sp³-hybridized carbons (Fsp3) is 0.708. The van der Waals surface area contributed by atoms with E-state index in [9.17, 15) is 23.2 Å². The Morgan fingerprint density at radius 2 is 1.91 bits per heavy atom. The van der Waals surface area contributed by atoms with Gasteiger partial charge in [0.25, 0.3) is 5.92 Å². The van der Waals surface area contributed by atoms with Crippen LogP contribution in [0.4, 0.5) is 8.78 Å². The van der Waals surface area contributed by atoms with Gasteiger partial charge in [-0.15, -0.1) is 6.58 Å². The lowest BCUT2D eigenvalue weighted by atomic mass is 10.1. The summed E-state index contributed by atoms with van der Waals surface area (Å²) in [6.07, 6.45) is 8.32. The van der Waals surface area contributed by atoms with E-state index in [2.05, 4.69) is 22.7 Å². The molecule has 0 aromatic heterocycles. The Morgan fingerprint density at radius 1 is 1.18 bits per heavy atom. The highest BCUT2D eigenvalue weighted by Gasteiger charge is 2.40. The predicted octanol–water partition coefficient (Wildman–Crippen LogP) is 3.38. The molecule has 1 aliphatic carbocycles. The zero-order chi connectivity index (χ0) is 24.7. The summed E-state index contributed by atoms with van der Waals surface area (Å²) in [4.78, 5) is 40.9. The van der Waals surface area contributed by atoms with E-state index in [0.717, 1.165) is 17.0 Å². The Labute approximate surface area is 204 Å². The zero-order valence-corrected chi connectivity index (χ0v) is 20.7. The van der Waals surface area contributed by atoms with Crippen LogP contribution in [0.1, 0.15) is 64.7 Å². The molecule has 2 saturated heterocycles. The van der Waals surface area contributed by atoms with Gasteiger partial charge in [0.05, 0.1) is 12.6 Å². The second-order valence-electron chi connectivity index (χ2n) is 9.24. The SMILES string of the molecule is C=CCC(NC(=O)[C@@H]1CCCN1C(=O)CCC(=O)N1CCC(F)(F)C1)/C(=C\CC)NSC1CC1. The van der Waals surface area contributed by atoms with Gasteiger partial charge in [0, 0.05) is 43.3 Å². The number of alkyl halides is 2. The Balaban J connectivity index is 1.54. The minimum absolute atomic E-state index is 0.0140. The number of amides is 3. The number of rotatable bonds is 12. The van der Waals surface area contributed by atoms with Crippen molar-refractivity contribution in [2.75, 3.05) is 19.6 Å². The van der Waals surface area contributed by atoms with Gasteiger partial charge in [0.2, 0.25) is 17.7 Å². The number of nitrogens with one attached hydrogen (secondary N) is 2. The van der Waals surface area contributed by atoms with Crippen LogP contribution in [0, 0.1) is 0 Å². The second-order valence-corrected chi connectivity index (χ2v) is 10.3. The van der Waals surface area contributed by atoms with Crippen LogP contribution in [-0.2, 0) is 14.4 Å². The van der Waals surface area contributed by atoms with Crippen molar-refractivity contribution in [3.63, 3.8) is 0 Å². The van der Waals surface area contributed by atoms with Gasteiger partial charge in [0.15, 0.2) is 0 Å². The molecule has 3 fully saturated rings. The van der Waals surface area contributed by atoms with Crippen molar-refractivity contribution in [3.8, 4) is 0 Å². The largest absolute Gasteiger partial charge is 0.346 e. The Hall–Kier alpha value is -2.10. The summed E-state index contributed by atoms with van der Waals surface area (Å²) in [5.74, 6) is -3.80. The van der Waals surface area contributed by atoms with Gasteiger partial charge in [0.1, 0.15) is 6.04 Å². The van der Waals surface area contributed by atoms with E-state index < -0.39 is 24.4 Å². The topological polar surface area (TPSA) is 81.8 Å². The monoisotopic (exact) mass is 498 g/mol. The maximum absolute atomic E-state index is 13.4. The normalized spacial score (nSPS) is 23.0. The van der Waals surface area contributed by atoms with Gasteiger partial charge in [-0.05, 0) is 50.5 Å². The van der Waals surface area contributed by atoms with E-state index in [0.29, 0.717) is 31.1 Å². The summed E-state index contributed by atoms with van der Waals surface area (Å²) in [6.45, 7) is 5.74. The molecule has 2 heterocycles. The fourth-order valence-corrected chi connectivity index (χ4v) is 5.21. The number of likely N-dealkylation sites (tertiary alicyclic amines) is 2. The molecule has 0 spiro atoms. The number of hydrogen-bond donors (Lipinski definition) is 2. The van der Waals surface area contributed by atoms with E-state index in [-0.39, 0.29) is 43.7 Å². The van der Waals surface area contributed by atoms with Crippen molar-refractivity contribution in [3.05, 3.63) is 24.4 Å². The molecule has 2 aliphatic heterocycles. The molecule has 1 saturated carbocycles. The van der Waals surface area contributed by atoms with Crippen molar-refractivity contribution in [1.82, 2.24) is 19.8 Å². The van der Waals surface area contributed by atoms with E-state index in [4.69, 9.17) is 0 Å². The molecule has 3 amide bonds. The highest BCUT2D eigenvalue weighted by molar-refractivity contribution is 7.98. The Bertz CT molecular complexity index is 803. The molecule has 0 bridgehead atoms.